The van der Waals surface area contributed by atoms with Crippen LogP contribution in [-0.2, 0) is 0 Å². The van der Waals surface area contributed by atoms with E-state index in [2.05, 4.69) is 52.1 Å². The van der Waals surface area contributed by atoms with Gasteiger partial charge in [0.15, 0.2) is 4.67 Å². The molecule has 0 bridgehead atoms. The first-order valence-corrected chi connectivity index (χ1v) is 7.23. The molecule has 102 valence electrons. The first-order chi connectivity index (χ1) is 8.56. The molecule has 1 saturated heterocycles. The predicted molar refractivity (Wildman–Crippen MR) is 76.7 cm³/mol. The molecule has 0 aliphatic carbocycles. The Morgan fingerprint density at radius 3 is 2.89 bits per heavy atom. The van der Waals surface area contributed by atoms with Crippen molar-refractivity contribution in [2.75, 3.05) is 40.3 Å². The van der Waals surface area contributed by atoms with E-state index in [0.29, 0.717) is 6.04 Å². The molecule has 1 aromatic rings. The number of hydrogen-bond acceptors (Lipinski definition) is 4. The lowest BCUT2D eigenvalue weighted by Gasteiger charge is -2.38. The molecule has 0 radical (unpaired) electrons. The molecule has 0 saturated carbocycles. The Morgan fingerprint density at radius 2 is 2.22 bits per heavy atom. The van der Waals surface area contributed by atoms with E-state index < -0.39 is 0 Å². The average molecular weight is 316 g/mol. The summed E-state index contributed by atoms with van der Waals surface area (Å²) < 4.78 is 6.36. The third kappa shape index (κ3) is 3.57. The average Bonchev–Trinajstić information content (AvgIpc) is 2.77. The van der Waals surface area contributed by atoms with Crippen molar-refractivity contribution in [3.8, 4) is 0 Å². The van der Waals surface area contributed by atoms with E-state index in [4.69, 9.17) is 4.42 Å². The van der Waals surface area contributed by atoms with Crippen molar-refractivity contribution in [2.45, 2.75) is 19.0 Å². The second-order valence-electron chi connectivity index (χ2n) is 5.17. The Morgan fingerprint density at radius 1 is 1.44 bits per heavy atom. The van der Waals surface area contributed by atoms with E-state index in [9.17, 15) is 0 Å². The monoisotopic (exact) mass is 315 g/mol. The van der Waals surface area contributed by atoms with Crippen molar-refractivity contribution in [3.63, 3.8) is 0 Å². The van der Waals surface area contributed by atoms with Gasteiger partial charge in [-0.05, 0) is 49.1 Å². The van der Waals surface area contributed by atoms with Gasteiger partial charge >= 0.3 is 0 Å². The zero-order valence-electron chi connectivity index (χ0n) is 11.3. The van der Waals surface area contributed by atoms with Crippen molar-refractivity contribution in [1.29, 1.82) is 0 Å². The lowest BCUT2D eigenvalue weighted by Crippen LogP contribution is -2.53. The highest BCUT2D eigenvalue weighted by Gasteiger charge is 2.22. The van der Waals surface area contributed by atoms with Gasteiger partial charge in [-0.15, -0.1) is 0 Å². The number of piperazine rings is 1. The first kappa shape index (κ1) is 14.1. The van der Waals surface area contributed by atoms with Gasteiger partial charge in [0, 0.05) is 32.2 Å². The van der Waals surface area contributed by atoms with Crippen LogP contribution in [0.4, 0.5) is 0 Å². The molecule has 5 heteroatoms. The number of hydrogen-bond donors (Lipinski definition) is 1. The van der Waals surface area contributed by atoms with E-state index in [1.165, 1.54) is 0 Å². The lowest BCUT2D eigenvalue weighted by molar-refractivity contribution is 0.111. The molecule has 2 unspecified atom stereocenters. The van der Waals surface area contributed by atoms with Crippen molar-refractivity contribution in [1.82, 2.24) is 15.1 Å². The van der Waals surface area contributed by atoms with Crippen molar-refractivity contribution >= 4 is 15.9 Å². The molecule has 2 heterocycles. The van der Waals surface area contributed by atoms with Crippen LogP contribution in [-0.4, -0.2) is 56.1 Å². The minimum absolute atomic E-state index is 0.247. The summed E-state index contributed by atoms with van der Waals surface area (Å²) in [6.45, 7) is 6.55. The van der Waals surface area contributed by atoms with Crippen LogP contribution in [0, 0.1) is 0 Å². The second kappa shape index (κ2) is 6.19. The van der Waals surface area contributed by atoms with Gasteiger partial charge < -0.3 is 14.6 Å². The van der Waals surface area contributed by atoms with Gasteiger partial charge in [0.05, 0.1) is 6.04 Å². The maximum absolute atomic E-state index is 5.56. The van der Waals surface area contributed by atoms with Crippen molar-refractivity contribution in [2.24, 2.45) is 0 Å². The summed E-state index contributed by atoms with van der Waals surface area (Å²) >= 11 is 3.34. The molecule has 1 aliphatic heterocycles. The van der Waals surface area contributed by atoms with E-state index in [1.54, 1.807) is 0 Å². The summed E-state index contributed by atoms with van der Waals surface area (Å²) in [7, 11) is 4.39. The van der Waals surface area contributed by atoms with Gasteiger partial charge in [-0.1, -0.05) is 0 Å². The quantitative estimate of drug-likeness (QED) is 0.920. The molecular formula is C13H22BrN3O. The number of nitrogens with one attached hydrogen (secondary N) is 1. The molecule has 2 atom stereocenters. The number of furan rings is 1. The van der Waals surface area contributed by atoms with Crippen LogP contribution in [0.2, 0.25) is 0 Å². The van der Waals surface area contributed by atoms with Crippen LogP contribution in [0.25, 0.3) is 0 Å². The number of likely N-dealkylation sites (N-methyl/N-ethyl adjacent to an activating group) is 2. The fraction of sp³-hybridized carbons (Fsp3) is 0.692. The molecule has 18 heavy (non-hydrogen) atoms. The molecule has 1 aliphatic rings. The first-order valence-electron chi connectivity index (χ1n) is 6.43. The molecule has 1 aromatic heterocycles. The maximum Gasteiger partial charge on any atom is 0.169 e. The van der Waals surface area contributed by atoms with Crippen LogP contribution in [0.1, 0.15) is 18.7 Å². The van der Waals surface area contributed by atoms with E-state index in [1.807, 2.05) is 12.1 Å². The fourth-order valence-corrected chi connectivity index (χ4v) is 2.62. The van der Waals surface area contributed by atoms with Crippen LogP contribution in [0.15, 0.2) is 21.2 Å². The Balaban J connectivity index is 1.83. The highest BCUT2D eigenvalue weighted by Crippen LogP contribution is 2.20. The van der Waals surface area contributed by atoms with Crippen molar-refractivity contribution < 1.29 is 4.42 Å². The lowest BCUT2D eigenvalue weighted by atomic mass is 10.1. The molecule has 4 nitrogen and oxygen atoms in total. The predicted octanol–water partition coefficient (Wildman–Crippen LogP) is 1.94. The van der Waals surface area contributed by atoms with Gasteiger partial charge in [0.25, 0.3) is 0 Å². The van der Waals surface area contributed by atoms with E-state index >= 15 is 0 Å². The van der Waals surface area contributed by atoms with Crippen LogP contribution < -0.4 is 5.32 Å². The molecule has 0 spiro atoms. The Hall–Kier alpha value is -0.360. The minimum Gasteiger partial charge on any atom is -0.453 e. The summed E-state index contributed by atoms with van der Waals surface area (Å²) in [6.07, 6.45) is 0. The minimum atomic E-state index is 0.247. The summed E-state index contributed by atoms with van der Waals surface area (Å²) in [4.78, 5) is 4.82. The standard InChI is InChI=1S/C13H22BrN3O/c1-10(12-4-5-13(14)18-12)15-8-11-9-16(2)6-7-17(11)3/h4-5,10-11,15H,6-9H2,1-3H3. The smallest absolute Gasteiger partial charge is 0.169 e. The highest BCUT2D eigenvalue weighted by atomic mass is 79.9. The number of halogens is 1. The summed E-state index contributed by atoms with van der Waals surface area (Å²) in [5, 5.41) is 3.55. The SMILES string of the molecule is CC(NCC1CN(C)CCN1C)c1ccc(Br)o1. The zero-order valence-corrected chi connectivity index (χ0v) is 12.9. The van der Waals surface area contributed by atoms with Gasteiger partial charge in [-0.25, -0.2) is 0 Å². The van der Waals surface area contributed by atoms with E-state index in [-0.39, 0.29) is 6.04 Å². The fourth-order valence-electron chi connectivity index (χ4n) is 2.30. The summed E-state index contributed by atoms with van der Waals surface area (Å²) in [5.74, 6) is 0.980. The number of rotatable bonds is 4. The molecule has 1 N–H and O–H groups in total. The Labute approximate surface area is 117 Å². The summed E-state index contributed by atoms with van der Waals surface area (Å²) in [6, 6.07) is 4.77. The maximum atomic E-state index is 5.56. The van der Waals surface area contributed by atoms with Gasteiger partial charge in [0.1, 0.15) is 5.76 Å². The summed E-state index contributed by atoms with van der Waals surface area (Å²) in [5.41, 5.74) is 0. The highest BCUT2D eigenvalue weighted by molar-refractivity contribution is 9.10. The third-order valence-corrected chi connectivity index (χ3v) is 4.09. The zero-order chi connectivity index (χ0) is 13.1. The second-order valence-corrected chi connectivity index (χ2v) is 5.95. The third-order valence-electron chi connectivity index (χ3n) is 3.66. The molecule has 0 amide bonds. The normalized spacial score (nSPS) is 24.3. The van der Waals surface area contributed by atoms with Gasteiger partial charge in [0.2, 0.25) is 0 Å². The molecule has 2 rings (SSSR count). The van der Waals surface area contributed by atoms with Gasteiger partial charge in [-0.2, -0.15) is 0 Å². The van der Waals surface area contributed by atoms with Gasteiger partial charge in [-0.3, -0.25) is 4.90 Å². The molecule has 1 fully saturated rings. The van der Waals surface area contributed by atoms with Crippen LogP contribution >= 0.6 is 15.9 Å². The van der Waals surface area contributed by atoms with Crippen LogP contribution in [0.5, 0.6) is 0 Å². The molecular weight excluding hydrogens is 294 g/mol. The van der Waals surface area contributed by atoms with Crippen molar-refractivity contribution in [3.05, 3.63) is 22.6 Å². The van der Waals surface area contributed by atoms with Crippen LogP contribution in [0.3, 0.4) is 0 Å². The topological polar surface area (TPSA) is 31.6 Å². The Kier molecular flexibility index (Phi) is 4.84. The molecule has 0 aromatic carbocycles. The van der Waals surface area contributed by atoms with E-state index in [0.717, 1.165) is 36.6 Å². The Bertz CT molecular complexity index is 382. The largest absolute Gasteiger partial charge is 0.453 e. The number of nitrogens with zero attached hydrogens (tertiary/aromatic N) is 2.